The Balaban J connectivity index is 1.27. The molecule has 17 nitrogen and oxygen atoms in total. The molecule has 0 spiro atoms. The van der Waals surface area contributed by atoms with Gasteiger partial charge in [-0.1, -0.05) is 31.9 Å². The Kier molecular flexibility index (Phi) is 13.2. The van der Waals surface area contributed by atoms with Crippen molar-refractivity contribution in [3.63, 3.8) is 0 Å². The van der Waals surface area contributed by atoms with Crippen molar-refractivity contribution in [1.82, 2.24) is 0 Å². The summed E-state index contributed by atoms with van der Waals surface area (Å²) in [5, 5.41) is 105. The molecule has 310 valence electrons. The third-order valence-corrected chi connectivity index (χ3v) is 13.7. The first-order valence-electron chi connectivity index (χ1n) is 19.3. The zero-order valence-electron chi connectivity index (χ0n) is 30.9. The number of rotatable bonds is 9. The lowest BCUT2D eigenvalue weighted by Crippen LogP contribution is -2.67. The molecule has 0 aromatic carbocycles. The minimum Gasteiger partial charge on any atom is -0.432 e. The second kappa shape index (κ2) is 16.8. The molecule has 3 aliphatic heterocycles. The fourth-order valence-electron chi connectivity index (χ4n) is 10.3. The molecule has 10 N–H and O–H groups in total. The van der Waals surface area contributed by atoms with E-state index < -0.39 is 123 Å². The van der Waals surface area contributed by atoms with Gasteiger partial charge in [-0.3, -0.25) is 4.79 Å². The third kappa shape index (κ3) is 7.65. The predicted molar refractivity (Wildman–Crippen MR) is 183 cm³/mol. The summed E-state index contributed by atoms with van der Waals surface area (Å²) in [5.41, 5.74) is 0.109. The van der Waals surface area contributed by atoms with Crippen LogP contribution in [-0.2, 0) is 33.2 Å². The Morgan fingerprint density at radius 3 is 1.80 bits per heavy atom. The third-order valence-electron chi connectivity index (χ3n) is 13.7. The molecule has 20 atom stereocenters. The lowest BCUT2D eigenvalue weighted by atomic mass is 9.49. The van der Waals surface area contributed by atoms with Crippen LogP contribution in [0.1, 0.15) is 71.6 Å². The molecule has 17 heteroatoms. The molecular formula is C37H60O17. The van der Waals surface area contributed by atoms with Crippen molar-refractivity contribution in [3.05, 3.63) is 12.2 Å². The Morgan fingerprint density at radius 2 is 1.20 bits per heavy atom. The van der Waals surface area contributed by atoms with Crippen molar-refractivity contribution in [2.45, 2.75) is 164 Å². The largest absolute Gasteiger partial charge is 0.432 e. The molecule has 3 heterocycles. The Hall–Kier alpha value is -1.39. The topological polar surface area (TPSA) is 275 Å². The number of esters is 1. The van der Waals surface area contributed by atoms with E-state index in [0.29, 0.717) is 18.3 Å². The van der Waals surface area contributed by atoms with Gasteiger partial charge in [0.25, 0.3) is 0 Å². The van der Waals surface area contributed by atoms with Gasteiger partial charge in [0.2, 0.25) is 6.29 Å². The van der Waals surface area contributed by atoms with Gasteiger partial charge in [0, 0.05) is 0 Å². The zero-order chi connectivity index (χ0) is 39.3. The molecule has 0 unspecified atom stereocenters. The number of aliphatic hydroxyl groups is 10. The standard InChI is InChI=1S/C37H60O17/c1-16-12-18-9-8-17(16)6-4-7-22-36(18,2)10-5-11-37(22,3)35(48)54-34-31(28(46)25(43)21(15-40)51-34)53-33-30(27(45)24(42)20(14-39)50-33)52-32-29(47)26(44)23(41)19(13-38)49-32/h17-34,38-47H,1,4-15H2,2-3H3/t17-,18+,19+,20+,21+,22-,23+,24+,25+,26-,27-,28-,29+,30+,31+,32-,33-,34-,36-,37+/m0/s1. The first-order valence-corrected chi connectivity index (χ1v) is 19.3. The molecule has 3 saturated heterocycles. The molecule has 0 aromatic heterocycles. The van der Waals surface area contributed by atoms with E-state index in [1.807, 2.05) is 6.92 Å². The maximum atomic E-state index is 14.6. The van der Waals surface area contributed by atoms with Crippen LogP contribution in [0.5, 0.6) is 0 Å². The Morgan fingerprint density at radius 1 is 0.667 bits per heavy atom. The Labute approximate surface area is 314 Å². The van der Waals surface area contributed by atoms with Gasteiger partial charge in [-0.05, 0) is 75.0 Å². The van der Waals surface area contributed by atoms with Crippen molar-refractivity contribution in [3.8, 4) is 0 Å². The average molecular weight is 777 g/mol. The quantitative estimate of drug-likeness (QED) is 0.0891. The number of allylic oxidation sites excluding steroid dienone is 1. The first-order chi connectivity index (χ1) is 25.6. The number of carbonyl (C=O) groups excluding carboxylic acids is 1. The van der Waals surface area contributed by atoms with Crippen molar-refractivity contribution < 1.29 is 84.3 Å². The second-order valence-electron chi connectivity index (χ2n) is 16.8. The van der Waals surface area contributed by atoms with Gasteiger partial charge in [0.15, 0.2) is 18.7 Å². The van der Waals surface area contributed by atoms with Gasteiger partial charge in [-0.15, -0.1) is 0 Å². The fraction of sp³-hybridized carbons (Fsp3) is 0.919. The number of hydrogen-bond donors (Lipinski definition) is 10. The highest BCUT2D eigenvalue weighted by atomic mass is 16.8. The minimum absolute atomic E-state index is 0.0621. The molecule has 7 fully saturated rings. The summed E-state index contributed by atoms with van der Waals surface area (Å²) in [7, 11) is 0. The van der Waals surface area contributed by atoms with Crippen LogP contribution in [-0.4, -0.2) is 169 Å². The molecule has 0 radical (unpaired) electrons. The smallest absolute Gasteiger partial charge is 0.314 e. The summed E-state index contributed by atoms with van der Waals surface area (Å²) in [6.07, 6.45) is -18.2. The lowest BCUT2D eigenvalue weighted by molar-refractivity contribution is -0.391. The summed E-state index contributed by atoms with van der Waals surface area (Å²) in [6.45, 7) is 6.20. The van der Waals surface area contributed by atoms with Crippen LogP contribution in [0.4, 0.5) is 0 Å². The first kappa shape index (κ1) is 42.2. The molecule has 54 heavy (non-hydrogen) atoms. The van der Waals surface area contributed by atoms with Crippen LogP contribution in [0.15, 0.2) is 12.2 Å². The summed E-state index contributed by atoms with van der Waals surface area (Å²) >= 11 is 0. The van der Waals surface area contributed by atoms with Crippen LogP contribution in [0.3, 0.4) is 0 Å². The average Bonchev–Trinajstić information content (AvgIpc) is 3.25. The maximum absolute atomic E-state index is 14.6. The van der Waals surface area contributed by atoms with Gasteiger partial charge in [-0.25, -0.2) is 0 Å². The highest BCUT2D eigenvalue weighted by Crippen LogP contribution is 2.61. The van der Waals surface area contributed by atoms with E-state index in [4.69, 9.17) is 28.4 Å². The van der Waals surface area contributed by atoms with Gasteiger partial charge >= 0.3 is 5.97 Å². The van der Waals surface area contributed by atoms with Crippen LogP contribution in [0.2, 0.25) is 0 Å². The van der Waals surface area contributed by atoms with Gasteiger partial charge in [0.1, 0.15) is 67.1 Å². The van der Waals surface area contributed by atoms with E-state index in [0.717, 1.165) is 51.4 Å². The number of hydrogen-bond acceptors (Lipinski definition) is 17. The van der Waals surface area contributed by atoms with Crippen LogP contribution in [0, 0.1) is 28.6 Å². The van der Waals surface area contributed by atoms with Gasteiger partial charge in [0.05, 0.1) is 25.2 Å². The maximum Gasteiger partial charge on any atom is 0.314 e. The SMILES string of the molecule is C=C1C[C@H]2CC[C@@H]1CCC[C@H]1[C@@]2(C)CCC[C@@]1(C)C(=O)O[C@@H]1O[C@H](CO)[C@@H](O)[C@H](O)[C@H]1O[C@@H]1O[C@H](CO)[C@@H](O)[C@H](O)[C@H]1O[C@@H]1O[C@H](CO)[C@@H](O)[C@H](O)[C@H]1O. The number of aliphatic hydroxyl groups excluding tert-OH is 10. The number of fused-ring (bicyclic) bond motifs is 4. The lowest BCUT2D eigenvalue weighted by Gasteiger charge is -2.55. The molecular weight excluding hydrogens is 716 g/mol. The highest BCUT2D eigenvalue weighted by Gasteiger charge is 2.59. The minimum atomic E-state index is -1.93. The van der Waals surface area contributed by atoms with Gasteiger partial charge in [-0.2, -0.15) is 0 Å². The van der Waals surface area contributed by atoms with E-state index in [1.54, 1.807) is 0 Å². The van der Waals surface area contributed by atoms with Crippen molar-refractivity contribution in [1.29, 1.82) is 0 Å². The van der Waals surface area contributed by atoms with Crippen LogP contribution < -0.4 is 0 Å². The van der Waals surface area contributed by atoms with E-state index in [2.05, 4.69) is 13.5 Å². The van der Waals surface area contributed by atoms with E-state index in [9.17, 15) is 55.9 Å². The molecule has 2 bridgehead atoms. The summed E-state index contributed by atoms with van der Waals surface area (Å²) in [4.78, 5) is 14.6. The molecule has 7 aliphatic rings. The van der Waals surface area contributed by atoms with E-state index >= 15 is 0 Å². The van der Waals surface area contributed by atoms with E-state index in [1.165, 1.54) is 5.57 Å². The van der Waals surface area contributed by atoms with Crippen molar-refractivity contribution in [2.24, 2.45) is 28.6 Å². The molecule has 4 aliphatic carbocycles. The normalized spacial score (nSPS) is 51.4. The zero-order valence-corrected chi connectivity index (χ0v) is 30.9. The van der Waals surface area contributed by atoms with Crippen molar-refractivity contribution in [2.75, 3.05) is 19.8 Å². The predicted octanol–water partition coefficient (Wildman–Crippen LogP) is -2.05. The fourth-order valence-corrected chi connectivity index (χ4v) is 10.3. The summed E-state index contributed by atoms with van der Waals surface area (Å²) in [5.74, 6) is 0.140. The van der Waals surface area contributed by atoms with Crippen molar-refractivity contribution >= 4 is 5.97 Å². The molecule has 0 amide bonds. The van der Waals surface area contributed by atoms with E-state index in [-0.39, 0.29) is 11.3 Å². The highest BCUT2D eigenvalue weighted by molar-refractivity contribution is 5.77. The molecule has 0 aromatic rings. The summed E-state index contributed by atoms with van der Waals surface area (Å²) in [6, 6.07) is 0. The number of carbonyl (C=O) groups is 1. The number of ether oxygens (including phenoxy) is 6. The monoisotopic (exact) mass is 776 g/mol. The molecule has 7 rings (SSSR count). The van der Waals surface area contributed by atoms with Crippen LogP contribution in [0.25, 0.3) is 0 Å². The molecule has 4 saturated carbocycles. The summed E-state index contributed by atoms with van der Waals surface area (Å²) < 4.78 is 35.0. The van der Waals surface area contributed by atoms with Gasteiger partial charge < -0.3 is 79.5 Å². The van der Waals surface area contributed by atoms with Crippen LogP contribution >= 0.6 is 0 Å². The second-order valence-corrected chi connectivity index (χ2v) is 16.8. The Bertz CT molecular complexity index is 1300.